The Morgan fingerprint density at radius 2 is 1.75 bits per heavy atom. The molecule has 0 amide bonds. The molecule has 1 fully saturated rings. The van der Waals surface area contributed by atoms with Crippen LogP contribution >= 0.6 is 0 Å². The first-order valence-electron chi connectivity index (χ1n) is 6.11. The Morgan fingerprint density at radius 3 is 2.20 bits per heavy atom. The quantitative estimate of drug-likeness (QED) is 0.926. The minimum absolute atomic E-state index is 0.340. The van der Waals surface area contributed by atoms with Gasteiger partial charge in [0.2, 0.25) is 0 Å². The van der Waals surface area contributed by atoms with E-state index in [9.17, 15) is 23.1 Å². The zero-order chi connectivity index (χ0) is 14.8. The molecule has 0 spiro atoms. The molecule has 2 rings (SSSR count). The smallest absolute Gasteiger partial charge is 0.416 e. The number of morpholine rings is 1. The maximum absolute atomic E-state index is 12.5. The van der Waals surface area contributed by atoms with E-state index in [1.807, 2.05) is 0 Å². The monoisotopic (exact) mass is 289 g/mol. The van der Waals surface area contributed by atoms with E-state index >= 15 is 0 Å². The van der Waals surface area contributed by atoms with Crippen molar-refractivity contribution in [2.45, 2.75) is 12.2 Å². The number of benzene rings is 1. The summed E-state index contributed by atoms with van der Waals surface area (Å²) < 4.78 is 42.6. The molecule has 1 heterocycles. The number of hydrogen-bond acceptors (Lipinski definition) is 3. The predicted molar refractivity (Wildman–Crippen MR) is 64.2 cm³/mol. The van der Waals surface area contributed by atoms with Crippen LogP contribution in [0.4, 0.5) is 13.2 Å². The lowest BCUT2D eigenvalue weighted by Crippen LogP contribution is -2.42. The summed E-state index contributed by atoms with van der Waals surface area (Å²) in [5.74, 6) is -1.08. The Balaban J connectivity index is 2.23. The van der Waals surface area contributed by atoms with Crippen LogP contribution in [0.2, 0.25) is 0 Å². The van der Waals surface area contributed by atoms with Gasteiger partial charge in [0, 0.05) is 13.1 Å². The second-order valence-electron chi connectivity index (χ2n) is 4.51. The van der Waals surface area contributed by atoms with Crippen LogP contribution in [0, 0.1) is 0 Å². The molecule has 1 atom stereocenters. The second kappa shape index (κ2) is 5.80. The third-order valence-corrected chi connectivity index (χ3v) is 3.20. The zero-order valence-corrected chi connectivity index (χ0v) is 10.6. The van der Waals surface area contributed by atoms with E-state index in [4.69, 9.17) is 4.74 Å². The molecule has 110 valence electrons. The summed E-state index contributed by atoms with van der Waals surface area (Å²) >= 11 is 0. The largest absolute Gasteiger partial charge is 0.480 e. The van der Waals surface area contributed by atoms with Gasteiger partial charge in [0.25, 0.3) is 0 Å². The van der Waals surface area contributed by atoms with Gasteiger partial charge in [-0.3, -0.25) is 9.69 Å². The number of aliphatic carboxylic acids is 1. The van der Waals surface area contributed by atoms with Crippen molar-refractivity contribution < 1.29 is 27.8 Å². The summed E-state index contributed by atoms with van der Waals surface area (Å²) in [6.45, 7) is 1.73. The van der Waals surface area contributed by atoms with Crippen molar-refractivity contribution in [1.29, 1.82) is 0 Å². The van der Waals surface area contributed by atoms with Crippen molar-refractivity contribution in [2.24, 2.45) is 0 Å². The van der Waals surface area contributed by atoms with Crippen LogP contribution in [0.1, 0.15) is 17.2 Å². The number of halogens is 3. The maximum Gasteiger partial charge on any atom is 0.416 e. The summed E-state index contributed by atoms with van der Waals surface area (Å²) in [7, 11) is 0. The molecule has 1 aliphatic rings. The molecular formula is C13H14F3NO3. The van der Waals surface area contributed by atoms with Crippen molar-refractivity contribution in [3.05, 3.63) is 35.4 Å². The van der Waals surface area contributed by atoms with Gasteiger partial charge >= 0.3 is 12.1 Å². The van der Waals surface area contributed by atoms with Gasteiger partial charge in [-0.05, 0) is 17.7 Å². The molecule has 0 saturated carbocycles. The van der Waals surface area contributed by atoms with Crippen LogP contribution in [0.25, 0.3) is 0 Å². The number of carbonyl (C=O) groups is 1. The number of ether oxygens (including phenoxy) is 1. The summed E-state index contributed by atoms with van der Waals surface area (Å²) in [5, 5.41) is 9.30. The first kappa shape index (κ1) is 14.8. The molecule has 1 saturated heterocycles. The summed E-state index contributed by atoms with van der Waals surface area (Å²) in [6.07, 6.45) is -4.42. The Kier molecular flexibility index (Phi) is 4.29. The summed E-state index contributed by atoms with van der Waals surface area (Å²) in [5.41, 5.74) is -0.445. The van der Waals surface area contributed by atoms with E-state index in [-0.39, 0.29) is 0 Å². The van der Waals surface area contributed by atoms with E-state index < -0.39 is 23.8 Å². The highest BCUT2D eigenvalue weighted by Crippen LogP contribution is 2.31. The van der Waals surface area contributed by atoms with Crippen molar-refractivity contribution in [2.75, 3.05) is 26.3 Å². The zero-order valence-electron chi connectivity index (χ0n) is 10.6. The topological polar surface area (TPSA) is 49.8 Å². The number of nitrogens with zero attached hydrogens (tertiary/aromatic N) is 1. The van der Waals surface area contributed by atoms with Crippen molar-refractivity contribution in [1.82, 2.24) is 4.90 Å². The third kappa shape index (κ3) is 3.29. The number of carboxylic acid groups (broad SMARTS) is 1. The molecule has 1 aromatic rings. The van der Waals surface area contributed by atoms with Gasteiger partial charge in [0.15, 0.2) is 0 Å². The van der Waals surface area contributed by atoms with Gasteiger partial charge < -0.3 is 9.84 Å². The lowest BCUT2D eigenvalue weighted by Gasteiger charge is -2.32. The Bertz CT molecular complexity index is 467. The van der Waals surface area contributed by atoms with Gasteiger partial charge in [-0.15, -0.1) is 0 Å². The third-order valence-electron chi connectivity index (χ3n) is 3.20. The Hall–Kier alpha value is -1.60. The van der Waals surface area contributed by atoms with E-state index in [2.05, 4.69) is 0 Å². The molecule has 0 radical (unpaired) electrons. The van der Waals surface area contributed by atoms with E-state index in [0.29, 0.717) is 31.9 Å². The number of rotatable bonds is 3. The number of alkyl halides is 3. The van der Waals surface area contributed by atoms with Crippen molar-refractivity contribution in [3.8, 4) is 0 Å². The average Bonchev–Trinajstić information content (AvgIpc) is 2.39. The predicted octanol–water partition coefficient (Wildman–Crippen LogP) is 2.16. The van der Waals surface area contributed by atoms with Gasteiger partial charge in [-0.2, -0.15) is 13.2 Å². The molecule has 0 bridgehead atoms. The highest BCUT2D eigenvalue weighted by atomic mass is 19.4. The molecule has 4 nitrogen and oxygen atoms in total. The van der Waals surface area contributed by atoms with Gasteiger partial charge in [-0.1, -0.05) is 12.1 Å². The van der Waals surface area contributed by atoms with Crippen LogP contribution < -0.4 is 0 Å². The number of carboxylic acids is 1. The summed E-state index contributed by atoms with van der Waals surface area (Å²) in [4.78, 5) is 13.1. The SMILES string of the molecule is O=C(O)[C@H](c1ccc(C(F)(F)F)cc1)N1CCOCC1. The van der Waals surface area contributed by atoms with Gasteiger partial charge in [-0.25, -0.2) is 0 Å². The average molecular weight is 289 g/mol. The Morgan fingerprint density at radius 1 is 1.20 bits per heavy atom. The van der Waals surface area contributed by atoms with Crippen LogP contribution in [-0.2, 0) is 15.7 Å². The van der Waals surface area contributed by atoms with Gasteiger partial charge in [0.05, 0.1) is 18.8 Å². The maximum atomic E-state index is 12.5. The van der Waals surface area contributed by atoms with Crippen LogP contribution in [0.5, 0.6) is 0 Å². The van der Waals surface area contributed by atoms with Crippen LogP contribution in [0.3, 0.4) is 0 Å². The second-order valence-corrected chi connectivity index (χ2v) is 4.51. The van der Waals surface area contributed by atoms with E-state index in [1.54, 1.807) is 4.90 Å². The first-order valence-corrected chi connectivity index (χ1v) is 6.11. The van der Waals surface area contributed by atoms with Gasteiger partial charge in [0.1, 0.15) is 6.04 Å². The van der Waals surface area contributed by atoms with Crippen LogP contribution in [-0.4, -0.2) is 42.3 Å². The fraction of sp³-hybridized carbons (Fsp3) is 0.462. The molecule has 1 aromatic carbocycles. The minimum Gasteiger partial charge on any atom is -0.480 e. The fourth-order valence-corrected chi connectivity index (χ4v) is 2.20. The molecule has 0 aromatic heterocycles. The normalized spacial score (nSPS) is 18.8. The first-order chi connectivity index (χ1) is 9.39. The standard InChI is InChI=1S/C13H14F3NO3/c14-13(15,16)10-3-1-9(2-4-10)11(12(18)19)17-5-7-20-8-6-17/h1-4,11H,5-8H2,(H,18,19)/t11-/m0/s1. The number of hydrogen-bond donors (Lipinski definition) is 1. The Labute approximate surface area is 113 Å². The molecule has 7 heteroatoms. The molecule has 0 unspecified atom stereocenters. The van der Waals surface area contributed by atoms with Crippen molar-refractivity contribution >= 4 is 5.97 Å². The van der Waals surface area contributed by atoms with E-state index in [1.165, 1.54) is 12.1 Å². The lowest BCUT2D eigenvalue weighted by atomic mass is 10.0. The lowest BCUT2D eigenvalue weighted by molar-refractivity contribution is -0.145. The molecule has 0 aliphatic carbocycles. The highest BCUT2D eigenvalue weighted by Gasteiger charge is 2.32. The minimum atomic E-state index is -4.42. The molecule has 1 N–H and O–H groups in total. The van der Waals surface area contributed by atoms with E-state index in [0.717, 1.165) is 12.1 Å². The fourth-order valence-electron chi connectivity index (χ4n) is 2.20. The van der Waals surface area contributed by atoms with Crippen LogP contribution in [0.15, 0.2) is 24.3 Å². The molecule has 1 aliphatic heterocycles. The summed E-state index contributed by atoms with van der Waals surface area (Å²) in [6, 6.07) is 3.31. The van der Waals surface area contributed by atoms with Crippen molar-refractivity contribution in [3.63, 3.8) is 0 Å². The highest BCUT2D eigenvalue weighted by molar-refractivity contribution is 5.75. The molecular weight excluding hydrogens is 275 g/mol. The molecule has 20 heavy (non-hydrogen) atoms.